The topological polar surface area (TPSA) is 94.6 Å². The number of aromatic nitrogens is 4. The number of benzene rings is 2. The number of imidazole rings is 2. The summed E-state index contributed by atoms with van der Waals surface area (Å²) in [7, 11) is 0. The van der Waals surface area contributed by atoms with Gasteiger partial charge in [0.05, 0.1) is 31.5 Å². The van der Waals surface area contributed by atoms with Crippen LogP contribution in [-0.2, 0) is 30.8 Å². The van der Waals surface area contributed by atoms with E-state index in [1.165, 1.54) is 5.56 Å². The SMILES string of the molecule is CCn1cncc1Cn1c(CCC(=O)O)cnc1CN1CCC(c2cccc3c2OCC(c2ccc(Cl)cc2)O3)CC1. The van der Waals surface area contributed by atoms with E-state index in [9.17, 15) is 9.90 Å². The number of para-hydroxylation sites is 1. The third-order valence-electron chi connectivity index (χ3n) is 8.37. The van der Waals surface area contributed by atoms with E-state index in [0.717, 1.165) is 73.3 Å². The van der Waals surface area contributed by atoms with Crippen molar-refractivity contribution in [2.45, 2.75) is 64.3 Å². The van der Waals surface area contributed by atoms with Gasteiger partial charge in [0.25, 0.3) is 0 Å². The van der Waals surface area contributed by atoms with Crippen molar-refractivity contribution in [2.75, 3.05) is 19.7 Å². The molecule has 1 fully saturated rings. The largest absolute Gasteiger partial charge is 0.485 e. The first kappa shape index (κ1) is 28.3. The van der Waals surface area contributed by atoms with E-state index in [2.05, 4.69) is 38.1 Å². The van der Waals surface area contributed by atoms with Gasteiger partial charge in [-0.3, -0.25) is 9.69 Å². The van der Waals surface area contributed by atoms with Crippen molar-refractivity contribution in [3.8, 4) is 11.5 Å². The molecule has 1 atom stereocenters. The second-order valence-corrected chi connectivity index (χ2v) is 11.4. The first-order valence-corrected chi connectivity index (χ1v) is 15.0. The number of piperidine rings is 1. The number of fused-ring (bicyclic) bond motifs is 1. The number of rotatable bonds is 10. The van der Waals surface area contributed by atoms with E-state index < -0.39 is 5.97 Å². The van der Waals surface area contributed by atoms with Gasteiger partial charge >= 0.3 is 5.97 Å². The van der Waals surface area contributed by atoms with E-state index in [4.69, 9.17) is 26.1 Å². The third kappa shape index (κ3) is 6.17. The number of hydrogen-bond donors (Lipinski definition) is 1. The van der Waals surface area contributed by atoms with E-state index in [1.807, 2.05) is 49.1 Å². The molecule has 2 aromatic carbocycles. The standard InChI is InChI=1S/C32H36ClN5O4/c1-2-37-21-34-16-26(37)18-38-25(10-11-31(39)40)17-35-30(38)19-36-14-12-22(13-15-36)27-4-3-5-28-32(27)41-20-29(42-28)23-6-8-24(33)9-7-23/h3-9,16-17,21-22,29H,2,10-15,18-20H2,1H3,(H,39,40). The van der Waals surface area contributed by atoms with Crippen LogP contribution >= 0.6 is 11.6 Å². The minimum atomic E-state index is -0.803. The highest BCUT2D eigenvalue weighted by Crippen LogP contribution is 2.44. The lowest BCUT2D eigenvalue weighted by Gasteiger charge is -2.34. The summed E-state index contributed by atoms with van der Waals surface area (Å²) in [5, 5.41) is 9.97. The van der Waals surface area contributed by atoms with E-state index >= 15 is 0 Å². The maximum Gasteiger partial charge on any atom is 0.303 e. The summed E-state index contributed by atoms with van der Waals surface area (Å²) in [6.07, 6.45) is 7.94. The highest BCUT2D eigenvalue weighted by molar-refractivity contribution is 6.30. The molecule has 0 amide bonds. The van der Waals surface area contributed by atoms with Gasteiger partial charge in [0, 0.05) is 35.2 Å². The van der Waals surface area contributed by atoms with Crippen LogP contribution < -0.4 is 9.47 Å². The first-order chi connectivity index (χ1) is 20.5. The molecule has 2 aliphatic rings. The lowest BCUT2D eigenvalue weighted by atomic mass is 9.88. The van der Waals surface area contributed by atoms with Gasteiger partial charge in [0.15, 0.2) is 17.6 Å². The molecule has 0 aliphatic carbocycles. The molecule has 2 aromatic heterocycles. The molecule has 10 heteroatoms. The van der Waals surface area contributed by atoms with Gasteiger partial charge < -0.3 is 23.7 Å². The summed E-state index contributed by atoms with van der Waals surface area (Å²) in [5.74, 6) is 2.20. The summed E-state index contributed by atoms with van der Waals surface area (Å²) in [4.78, 5) is 22.8. The normalized spacial score (nSPS) is 17.4. The zero-order valence-electron chi connectivity index (χ0n) is 23.8. The number of aryl methyl sites for hydroxylation is 2. The quantitative estimate of drug-likeness (QED) is 0.253. The molecule has 0 radical (unpaired) electrons. The molecule has 9 nitrogen and oxygen atoms in total. The van der Waals surface area contributed by atoms with Crippen molar-refractivity contribution < 1.29 is 19.4 Å². The average Bonchev–Trinajstić information content (AvgIpc) is 3.62. The molecular weight excluding hydrogens is 554 g/mol. The van der Waals surface area contributed by atoms with E-state index in [1.54, 1.807) is 0 Å². The molecule has 42 heavy (non-hydrogen) atoms. The predicted octanol–water partition coefficient (Wildman–Crippen LogP) is 5.71. The lowest BCUT2D eigenvalue weighted by Crippen LogP contribution is -2.34. The molecule has 4 heterocycles. The maximum atomic E-state index is 11.3. The van der Waals surface area contributed by atoms with Crippen molar-refractivity contribution >= 4 is 17.6 Å². The molecule has 1 N–H and O–H groups in total. The molecule has 220 valence electrons. The number of nitrogens with zero attached hydrogens (tertiary/aromatic N) is 5. The van der Waals surface area contributed by atoms with Crippen LogP contribution in [0.2, 0.25) is 5.02 Å². The molecular formula is C32H36ClN5O4. The molecule has 1 unspecified atom stereocenters. The zero-order valence-corrected chi connectivity index (χ0v) is 24.5. The first-order valence-electron chi connectivity index (χ1n) is 14.6. The van der Waals surface area contributed by atoms with Crippen LogP contribution in [0.4, 0.5) is 0 Å². The van der Waals surface area contributed by atoms with Crippen LogP contribution in [0.5, 0.6) is 11.5 Å². The number of halogens is 1. The van der Waals surface area contributed by atoms with Crippen molar-refractivity contribution in [1.29, 1.82) is 0 Å². The summed E-state index contributed by atoms with van der Waals surface area (Å²) in [6, 6.07) is 13.9. The van der Waals surface area contributed by atoms with Crippen LogP contribution in [-0.4, -0.2) is 54.8 Å². The Hall–Kier alpha value is -3.82. The second kappa shape index (κ2) is 12.6. The second-order valence-electron chi connectivity index (χ2n) is 11.0. The maximum absolute atomic E-state index is 11.3. The van der Waals surface area contributed by atoms with E-state index in [0.29, 0.717) is 30.5 Å². The predicted molar refractivity (Wildman–Crippen MR) is 159 cm³/mol. The Balaban J connectivity index is 1.12. The molecule has 0 bridgehead atoms. The number of aliphatic carboxylic acids is 1. The van der Waals surface area contributed by atoms with Gasteiger partial charge in [-0.2, -0.15) is 0 Å². The molecule has 6 rings (SSSR count). The summed E-state index contributed by atoms with van der Waals surface area (Å²) in [5.41, 5.74) is 4.29. The Morgan fingerprint density at radius 2 is 1.88 bits per heavy atom. The molecule has 0 spiro atoms. The minimum Gasteiger partial charge on any atom is -0.485 e. The van der Waals surface area contributed by atoms with Crippen LogP contribution in [0, 0.1) is 0 Å². The van der Waals surface area contributed by atoms with E-state index in [-0.39, 0.29) is 12.5 Å². The molecule has 2 aliphatic heterocycles. The van der Waals surface area contributed by atoms with Crippen LogP contribution in [0.3, 0.4) is 0 Å². The fourth-order valence-corrected chi connectivity index (χ4v) is 6.15. The van der Waals surface area contributed by atoms with Crippen LogP contribution in [0.15, 0.2) is 61.2 Å². The van der Waals surface area contributed by atoms with Gasteiger partial charge in [-0.05, 0) is 69.0 Å². The molecule has 1 saturated heterocycles. The number of carboxylic acid groups (broad SMARTS) is 1. The number of ether oxygens (including phenoxy) is 2. The fraction of sp³-hybridized carbons (Fsp3) is 0.406. The Labute approximate surface area is 250 Å². The fourth-order valence-electron chi connectivity index (χ4n) is 6.03. The Kier molecular flexibility index (Phi) is 8.48. The number of carbonyl (C=O) groups is 1. The van der Waals surface area contributed by atoms with Gasteiger partial charge in [-0.1, -0.05) is 35.9 Å². The summed E-state index contributed by atoms with van der Waals surface area (Å²) < 4.78 is 17.0. The summed E-state index contributed by atoms with van der Waals surface area (Å²) in [6.45, 7) is 6.61. The van der Waals surface area contributed by atoms with Crippen molar-refractivity contribution in [3.63, 3.8) is 0 Å². The van der Waals surface area contributed by atoms with Crippen LogP contribution in [0.1, 0.15) is 66.5 Å². The third-order valence-corrected chi connectivity index (χ3v) is 8.62. The van der Waals surface area contributed by atoms with Gasteiger partial charge in [-0.15, -0.1) is 0 Å². The highest BCUT2D eigenvalue weighted by atomic mass is 35.5. The number of carboxylic acids is 1. The van der Waals surface area contributed by atoms with Crippen LogP contribution in [0.25, 0.3) is 0 Å². The number of likely N-dealkylation sites (tertiary alicyclic amines) is 1. The molecule has 0 saturated carbocycles. The zero-order chi connectivity index (χ0) is 29.1. The Bertz CT molecular complexity index is 1520. The van der Waals surface area contributed by atoms with Gasteiger partial charge in [0.2, 0.25) is 0 Å². The lowest BCUT2D eigenvalue weighted by molar-refractivity contribution is -0.137. The van der Waals surface area contributed by atoms with Gasteiger partial charge in [0.1, 0.15) is 12.4 Å². The smallest absolute Gasteiger partial charge is 0.303 e. The highest BCUT2D eigenvalue weighted by Gasteiger charge is 2.30. The monoisotopic (exact) mass is 589 g/mol. The van der Waals surface area contributed by atoms with Crippen molar-refractivity contribution in [3.05, 3.63) is 94.5 Å². The summed E-state index contributed by atoms with van der Waals surface area (Å²) >= 11 is 6.06. The minimum absolute atomic E-state index is 0.0806. The molecule has 4 aromatic rings. The Morgan fingerprint density at radius 3 is 2.64 bits per heavy atom. The van der Waals surface area contributed by atoms with Crippen molar-refractivity contribution in [1.82, 2.24) is 24.0 Å². The Morgan fingerprint density at radius 1 is 1.07 bits per heavy atom. The average molecular weight is 590 g/mol. The van der Waals surface area contributed by atoms with Crippen molar-refractivity contribution in [2.24, 2.45) is 0 Å². The number of hydrogen-bond acceptors (Lipinski definition) is 6. The van der Waals surface area contributed by atoms with Gasteiger partial charge in [-0.25, -0.2) is 9.97 Å².